The van der Waals surface area contributed by atoms with E-state index in [1.54, 1.807) is 14.2 Å². The van der Waals surface area contributed by atoms with Crippen LogP contribution in [0.15, 0.2) is 18.2 Å². The highest BCUT2D eigenvalue weighted by atomic mass is 16.5. The van der Waals surface area contributed by atoms with Gasteiger partial charge in [0.1, 0.15) is 0 Å². The molecule has 0 bridgehead atoms. The van der Waals surface area contributed by atoms with Crippen LogP contribution >= 0.6 is 0 Å². The van der Waals surface area contributed by atoms with E-state index in [2.05, 4.69) is 24.4 Å². The van der Waals surface area contributed by atoms with E-state index >= 15 is 0 Å². The first-order chi connectivity index (χ1) is 10.3. The zero-order valence-electron chi connectivity index (χ0n) is 13.7. The lowest BCUT2D eigenvalue weighted by atomic mass is 9.87. The van der Waals surface area contributed by atoms with E-state index in [1.807, 2.05) is 6.07 Å². The zero-order valence-corrected chi connectivity index (χ0v) is 13.7. The molecule has 3 heteroatoms. The Labute approximate surface area is 129 Å². The molecule has 3 nitrogen and oxygen atoms in total. The van der Waals surface area contributed by atoms with Gasteiger partial charge in [0, 0.05) is 6.04 Å². The Bertz CT molecular complexity index is 425. The van der Waals surface area contributed by atoms with Crippen molar-refractivity contribution in [1.29, 1.82) is 0 Å². The summed E-state index contributed by atoms with van der Waals surface area (Å²) in [6.45, 7) is 3.18. The number of rotatable bonds is 6. The molecule has 1 fully saturated rings. The fraction of sp³-hybridized carbons (Fsp3) is 0.667. The summed E-state index contributed by atoms with van der Waals surface area (Å²) >= 11 is 0. The molecule has 0 amide bonds. The second-order valence-corrected chi connectivity index (χ2v) is 5.90. The van der Waals surface area contributed by atoms with Crippen LogP contribution in [0.25, 0.3) is 0 Å². The highest BCUT2D eigenvalue weighted by Gasteiger charge is 2.24. The SMILES string of the molecule is CCNC(c1ccc(OC)c(OC)c1)C1CCCCCC1. The monoisotopic (exact) mass is 291 g/mol. The average molecular weight is 291 g/mol. The minimum Gasteiger partial charge on any atom is -0.493 e. The molecular formula is C18H29NO2. The minimum atomic E-state index is 0.424. The fourth-order valence-electron chi connectivity index (χ4n) is 3.47. The van der Waals surface area contributed by atoms with Crippen LogP contribution < -0.4 is 14.8 Å². The van der Waals surface area contributed by atoms with Gasteiger partial charge in [0.2, 0.25) is 0 Å². The highest BCUT2D eigenvalue weighted by Crippen LogP contribution is 2.37. The van der Waals surface area contributed by atoms with Crippen molar-refractivity contribution in [2.45, 2.75) is 51.5 Å². The summed E-state index contributed by atoms with van der Waals surface area (Å²) in [4.78, 5) is 0. The first-order valence-electron chi connectivity index (χ1n) is 8.25. The molecule has 1 saturated carbocycles. The smallest absolute Gasteiger partial charge is 0.161 e. The molecule has 0 heterocycles. The lowest BCUT2D eigenvalue weighted by Crippen LogP contribution is -2.28. The topological polar surface area (TPSA) is 30.5 Å². The van der Waals surface area contributed by atoms with Gasteiger partial charge in [-0.3, -0.25) is 0 Å². The van der Waals surface area contributed by atoms with Crippen LogP contribution in [0, 0.1) is 5.92 Å². The van der Waals surface area contributed by atoms with Crippen LogP contribution in [0.4, 0.5) is 0 Å². The number of ether oxygens (including phenoxy) is 2. The second-order valence-electron chi connectivity index (χ2n) is 5.90. The minimum absolute atomic E-state index is 0.424. The lowest BCUT2D eigenvalue weighted by molar-refractivity contribution is 0.325. The molecule has 21 heavy (non-hydrogen) atoms. The van der Waals surface area contributed by atoms with Crippen molar-refractivity contribution in [3.8, 4) is 11.5 Å². The molecule has 1 N–H and O–H groups in total. The van der Waals surface area contributed by atoms with Crippen LogP contribution in [0.5, 0.6) is 11.5 Å². The Hall–Kier alpha value is -1.22. The Morgan fingerprint density at radius 1 is 1.05 bits per heavy atom. The molecule has 0 saturated heterocycles. The van der Waals surface area contributed by atoms with Gasteiger partial charge in [0.15, 0.2) is 11.5 Å². The van der Waals surface area contributed by atoms with Crippen molar-refractivity contribution in [2.75, 3.05) is 20.8 Å². The summed E-state index contributed by atoms with van der Waals surface area (Å²) in [5.74, 6) is 2.36. The Balaban J connectivity index is 2.23. The van der Waals surface area contributed by atoms with E-state index in [1.165, 1.54) is 44.1 Å². The van der Waals surface area contributed by atoms with Crippen LogP contribution in [0.1, 0.15) is 57.1 Å². The number of nitrogens with one attached hydrogen (secondary N) is 1. The van der Waals surface area contributed by atoms with Gasteiger partial charge < -0.3 is 14.8 Å². The number of hydrogen-bond donors (Lipinski definition) is 1. The molecule has 0 aromatic heterocycles. The van der Waals surface area contributed by atoms with E-state index in [0.29, 0.717) is 6.04 Å². The fourth-order valence-corrected chi connectivity index (χ4v) is 3.47. The Morgan fingerprint density at radius 3 is 2.29 bits per heavy atom. The average Bonchev–Trinajstić information content (AvgIpc) is 2.81. The quantitative estimate of drug-likeness (QED) is 0.792. The third kappa shape index (κ3) is 4.13. The summed E-state index contributed by atoms with van der Waals surface area (Å²) in [5, 5.41) is 3.69. The molecule has 0 radical (unpaired) electrons. The van der Waals surface area contributed by atoms with Crippen LogP contribution in [0.3, 0.4) is 0 Å². The van der Waals surface area contributed by atoms with Gasteiger partial charge in [0.25, 0.3) is 0 Å². The zero-order chi connectivity index (χ0) is 15.1. The van der Waals surface area contributed by atoms with E-state index in [0.717, 1.165) is 24.0 Å². The van der Waals surface area contributed by atoms with E-state index in [9.17, 15) is 0 Å². The predicted octanol–water partition coefficient (Wildman–Crippen LogP) is 4.32. The van der Waals surface area contributed by atoms with E-state index < -0.39 is 0 Å². The summed E-state index contributed by atoms with van der Waals surface area (Å²) in [6.07, 6.45) is 8.15. The Morgan fingerprint density at radius 2 is 1.71 bits per heavy atom. The van der Waals surface area contributed by atoms with Gasteiger partial charge in [-0.25, -0.2) is 0 Å². The third-order valence-electron chi connectivity index (χ3n) is 4.56. The van der Waals surface area contributed by atoms with Crippen LogP contribution in [0.2, 0.25) is 0 Å². The first-order valence-corrected chi connectivity index (χ1v) is 8.25. The van der Waals surface area contributed by atoms with Gasteiger partial charge in [-0.05, 0) is 43.0 Å². The molecule has 1 aromatic rings. The van der Waals surface area contributed by atoms with Gasteiger partial charge in [0.05, 0.1) is 14.2 Å². The summed E-state index contributed by atoms with van der Waals surface area (Å²) in [7, 11) is 3.39. The molecule has 2 rings (SSSR count). The van der Waals surface area contributed by atoms with Crippen LogP contribution in [-0.4, -0.2) is 20.8 Å². The normalized spacial score (nSPS) is 18.0. The molecule has 0 spiro atoms. The first kappa shape index (κ1) is 16.2. The number of benzene rings is 1. The van der Waals surface area contributed by atoms with E-state index in [4.69, 9.17) is 9.47 Å². The second kappa shape index (κ2) is 8.28. The standard InChI is InChI=1S/C18H29NO2/c1-4-19-18(14-9-7-5-6-8-10-14)15-11-12-16(20-2)17(13-15)21-3/h11-14,18-19H,4-10H2,1-3H3. The predicted molar refractivity (Wildman–Crippen MR) is 87.2 cm³/mol. The summed E-state index contributed by atoms with van der Waals surface area (Å²) in [6, 6.07) is 6.76. The highest BCUT2D eigenvalue weighted by molar-refractivity contribution is 5.44. The molecule has 1 aliphatic rings. The van der Waals surface area contributed by atoms with Crippen molar-refractivity contribution < 1.29 is 9.47 Å². The molecule has 1 unspecified atom stereocenters. The maximum Gasteiger partial charge on any atom is 0.161 e. The molecule has 1 aromatic carbocycles. The number of hydrogen-bond acceptors (Lipinski definition) is 3. The maximum atomic E-state index is 5.46. The molecular weight excluding hydrogens is 262 g/mol. The number of methoxy groups -OCH3 is 2. The Kier molecular flexibility index (Phi) is 6.37. The van der Waals surface area contributed by atoms with E-state index in [-0.39, 0.29) is 0 Å². The molecule has 0 aliphatic heterocycles. The van der Waals surface area contributed by atoms with Gasteiger partial charge in [-0.2, -0.15) is 0 Å². The molecule has 1 atom stereocenters. The van der Waals surface area contributed by atoms with Crippen molar-refractivity contribution in [2.24, 2.45) is 5.92 Å². The van der Waals surface area contributed by atoms with Gasteiger partial charge in [-0.15, -0.1) is 0 Å². The molecule has 118 valence electrons. The van der Waals surface area contributed by atoms with Crippen molar-refractivity contribution in [3.63, 3.8) is 0 Å². The van der Waals surface area contributed by atoms with Crippen LogP contribution in [-0.2, 0) is 0 Å². The van der Waals surface area contributed by atoms with Crippen molar-refractivity contribution in [1.82, 2.24) is 5.32 Å². The third-order valence-corrected chi connectivity index (χ3v) is 4.56. The van der Waals surface area contributed by atoms with Gasteiger partial charge >= 0.3 is 0 Å². The maximum absolute atomic E-state index is 5.46. The lowest BCUT2D eigenvalue weighted by Gasteiger charge is -2.28. The summed E-state index contributed by atoms with van der Waals surface area (Å²) < 4.78 is 10.8. The van der Waals surface area contributed by atoms with Gasteiger partial charge in [-0.1, -0.05) is 38.7 Å². The van der Waals surface area contributed by atoms with Crippen molar-refractivity contribution in [3.05, 3.63) is 23.8 Å². The van der Waals surface area contributed by atoms with Crippen molar-refractivity contribution >= 4 is 0 Å². The summed E-state index contributed by atoms with van der Waals surface area (Å²) in [5.41, 5.74) is 1.32. The largest absolute Gasteiger partial charge is 0.493 e. The molecule has 1 aliphatic carbocycles.